The van der Waals surface area contributed by atoms with Gasteiger partial charge in [0.1, 0.15) is 0 Å². The summed E-state index contributed by atoms with van der Waals surface area (Å²) in [6, 6.07) is 0. The Labute approximate surface area is 76.6 Å². The van der Waals surface area contributed by atoms with Crippen molar-refractivity contribution in [1.29, 1.82) is 0 Å². The summed E-state index contributed by atoms with van der Waals surface area (Å²) in [5.74, 6) is 0.181. The Morgan fingerprint density at radius 3 is 2.69 bits per heavy atom. The van der Waals surface area contributed by atoms with E-state index in [1.807, 2.05) is 0 Å². The van der Waals surface area contributed by atoms with E-state index in [0.29, 0.717) is 13.0 Å². The molecule has 1 heterocycles. The number of nitrogens with one attached hydrogen (secondary N) is 1. The molecule has 0 aromatic rings. The second kappa shape index (κ2) is 3.93. The number of hydrogen-bond acceptors (Lipinski definition) is 3. The first-order valence-corrected chi connectivity index (χ1v) is 5.58. The summed E-state index contributed by atoms with van der Waals surface area (Å²) >= 11 is 0. The van der Waals surface area contributed by atoms with Crippen LogP contribution in [0.25, 0.3) is 0 Å². The van der Waals surface area contributed by atoms with Gasteiger partial charge in [-0.3, -0.25) is 0 Å². The van der Waals surface area contributed by atoms with Crippen molar-refractivity contribution in [3.8, 4) is 0 Å². The molecule has 0 aromatic heterocycles. The minimum absolute atomic E-state index is 0.147. The molecule has 0 aromatic carbocycles. The van der Waals surface area contributed by atoms with Crippen molar-refractivity contribution >= 4 is 16.1 Å². The smallest absolute Gasteiger partial charge is 0.404 e. The molecule has 0 bridgehead atoms. The van der Waals surface area contributed by atoms with Gasteiger partial charge in [-0.2, -0.15) is 0 Å². The van der Waals surface area contributed by atoms with E-state index in [1.54, 1.807) is 0 Å². The predicted octanol–water partition coefficient (Wildman–Crippen LogP) is -0.711. The molecule has 6 nitrogen and oxygen atoms in total. The molecule has 1 amide bonds. The Bertz CT molecular complexity index is 287. The van der Waals surface area contributed by atoms with Crippen LogP contribution in [0.3, 0.4) is 0 Å². The van der Waals surface area contributed by atoms with Crippen LogP contribution >= 0.6 is 0 Å². The fourth-order valence-corrected chi connectivity index (χ4v) is 2.76. The lowest BCUT2D eigenvalue weighted by Gasteiger charge is -2.13. The number of sulfonamides is 1. The molecule has 0 atom stereocenters. The number of nitrogens with zero attached hydrogens (tertiary/aromatic N) is 1. The van der Waals surface area contributed by atoms with E-state index in [0.717, 1.165) is 0 Å². The first-order valence-electron chi connectivity index (χ1n) is 3.97. The summed E-state index contributed by atoms with van der Waals surface area (Å²) in [4.78, 5) is 10.1. The summed E-state index contributed by atoms with van der Waals surface area (Å²) in [7, 11) is -3.08. The number of amides is 1. The van der Waals surface area contributed by atoms with Gasteiger partial charge in [0.15, 0.2) is 0 Å². The zero-order valence-electron chi connectivity index (χ0n) is 7.06. The van der Waals surface area contributed by atoms with Crippen molar-refractivity contribution in [3.63, 3.8) is 0 Å². The molecular weight excluding hydrogens is 196 g/mol. The molecule has 0 unspecified atom stereocenters. The zero-order valence-corrected chi connectivity index (χ0v) is 7.88. The standard InChI is InChI=1S/C6H12N2O4S/c9-6(10)7-2-4-8-3-1-5-13(8,11)12/h7H,1-5H2,(H,9,10). The van der Waals surface area contributed by atoms with Crippen LogP contribution in [0.2, 0.25) is 0 Å². The molecule has 0 saturated carbocycles. The highest BCUT2D eigenvalue weighted by Gasteiger charge is 2.27. The molecule has 76 valence electrons. The number of hydrogen-bond donors (Lipinski definition) is 2. The molecule has 2 N–H and O–H groups in total. The molecule has 0 spiro atoms. The zero-order chi connectivity index (χ0) is 9.90. The highest BCUT2D eigenvalue weighted by atomic mass is 32.2. The van der Waals surface area contributed by atoms with E-state index in [2.05, 4.69) is 5.32 Å². The van der Waals surface area contributed by atoms with Gasteiger partial charge in [0.05, 0.1) is 5.75 Å². The molecule has 7 heteroatoms. The molecule has 0 radical (unpaired) electrons. The van der Waals surface area contributed by atoms with Crippen LogP contribution in [0.5, 0.6) is 0 Å². The quantitative estimate of drug-likeness (QED) is 0.641. The van der Waals surface area contributed by atoms with Gasteiger partial charge in [-0.05, 0) is 6.42 Å². The summed E-state index contributed by atoms with van der Waals surface area (Å²) in [6.45, 7) is 0.882. The van der Waals surface area contributed by atoms with E-state index >= 15 is 0 Å². The summed E-state index contributed by atoms with van der Waals surface area (Å²) < 4.78 is 23.7. The maximum atomic E-state index is 11.2. The van der Waals surface area contributed by atoms with Crippen LogP contribution in [-0.2, 0) is 10.0 Å². The maximum absolute atomic E-state index is 11.2. The van der Waals surface area contributed by atoms with Crippen LogP contribution in [-0.4, -0.2) is 49.3 Å². The van der Waals surface area contributed by atoms with Gasteiger partial charge in [0.25, 0.3) is 0 Å². The van der Waals surface area contributed by atoms with Gasteiger partial charge in [-0.15, -0.1) is 0 Å². The van der Waals surface area contributed by atoms with Crippen LogP contribution in [0, 0.1) is 0 Å². The van der Waals surface area contributed by atoms with Crippen molar-refractivity contribution in [2.75, 3.05) is 25.4 Å². The van der Waals surface area contributed by atoms with Gasteiger partial charge in [-0.1, -0.05) is 0 Å². The summed E-state index contributed by atoms with van der Waals surface area (Å²) in [6.07, 6.45) is -0.494. The van der Waals surface area contributed by atoms with Gasteiger partial charge in [-0.25, -0.2) is 17.5 Å². The molecule has 0 aliphatic carbocycles. The largest absolute Gasteiger partial charge is 0.465 e. The molecule has 1 aliphatic rings. The number of rotatable bonds is 3. The number of carbonyl (C=O) groups is 1. The molecule has 1 rings (SSSR count). The third-order valence-electron chi connectivity index (χ3n) is 1.84. The van der Waals surface area contributed by atoms with Crippen LogP contribution in [0.4, 0.5) is 4.79 Å². The summed E-state index contributed by atoms with van der Waals surface area (Å²) in [5, 5.41) is 10.4. The highest BCUT2D eigenvalue weighted by Crippen LogP contribution is 2.11. The SMILES string of the molecule is O=C(O)NCCN1CCCS1(=O)=O. The predicted molar refractivity (Wildman–Crippen MR) is 46.0 cm³/mol. The lowest BCUT2D eigenvalue weighted by atomic mass is 10.5. The molecule has 13 heavy (non-hydrogen) atoms. The van der Waals surface area contributed by atoms with Crippen molar-refractivity contribution in [2.24, 2.45) is 0 Å². The average Bonchev–Trinajstić information content (AvgIpc) is 2.30. The number of carboxylic acid groups (broad SMARTS) is 1. The second-order valence-corrected chi connectivity index (χ2v) is 4.89. The molecular formula is C6H12N2O4S. The van der Waals surface area contributed by atoms with Gasteiger partial charge >= 0.3 is 6.09 Å². The molecule has 1 fully saturated rings. The van der Waals surface area contributed by atoms with Crippen molar-refractivity contribution < 1.29 is 18.3 Å². The fourth-order valence-electron chi connectivity index (χ4n) is 1.23. The minimum Gasteiger partial charge on any atom is -0.465 e. The Balaban J connectivity index is 2.33. The summed E-state index contributed by atoms with van der Waals surface area (Å²) in [5.41, 5.74) is 0. The second-order valence-electron chi connectivity index (χ2n) is 2.80. The lowest BCUT2D eigenvalue weighted by Crippen LogP contribution is -2.35. The third-order valence-corrected chi connectivity index (χ3v) is 3.80. The van der Waals surface area contributed by atoms with Crippen LogP contribution in [0.1, 0.15) is 6.42 Å². The Hall–Kier alpha value is -0.820. The fraction of sp³-hybridized carbons (Fsp3) is 0.833. The van der Waals surface area contributed by atoms with E-state index in [-0.39, 0.29) is 18.8 Å². The van der Waals surface area contributed by atoms with Crippen molar-refractivity contribution in [1.82, 2.24) is 9.62 Å². The molecule has 1 saturated heterocycles. The van der Waals surface area contributed by atoms with Crippen molar-refractivity contribution in [3.05, 3.63) is 0 Å². The van der Waals surface area contributed by atoms with E-state index in [4.69, 9.17) is 5.11 Å². The van der Waals surface area contributed by atoms with E-state index < -0.39 is 16.1 Å². The van der Waals surface area contributed by atoms with E-state index in [9.17, 15) is 13.2 Å². The van der Waals surface area contributed by atoms with Crippen molar-refractivity contribution in [2.45, 2.75) is 6.42 Å². The molecule has 1 aliphatic heterocycles. The Kier molecular flexibility index (Phi) is 3.10. The first-order chi connectivity index (χ1) is 6.02. The van der Waals surface area contributed by atoms with Gasteiger partial charge in [0, 0.05) is 19.6 Å². The normalized spacial score (nSPS) is 21.5. The maximum Gasteiger partial charge on any atom is 0.404 e. The van der Waals surface area contributed by atoms with Gasteiger partial charge < -0.3 is 10.4 Å². The highest BCUT2D eigenvalue weighted by molar-refractivity contribution is 7.89. The Morgan fingerprint density at radius 1 is 1.54 bits per heavy atom. The Morgan fingerprint density at radius 2 is 2.23 bits per heavy atom. The van der Waals surface area contributed by atoms with E-state index in [1.165, 1.54) is 4.31 Å². The average molecular weight is 208 g/mol. The third kappa shape index (κ3) is 2.85. The topological polar surface area (TPSA) is 86.7 Å². The van der Waals surface area contributed by atoms with Crippen LogP contribution in [0.15, 0.2) is 0 Å². The minimum atomic E-state index is -3.08. The monoisotopic (exact) mass is 208 g/mol. The lowest BCUT2D eigenvalue weighted by molar-refractivity contribution is 0.193. The first kappa shape index (κ1) is 10.3. The van der Waals surface area contributed by atoms with Crippen LogP contribution < -0.4 is 5.32 Å². The van der Waals surface area contributed by atoms with Gasteiger partial charge in [0.2, 0.25) is 10.0 Å².